The van der Waals surface area contributed by atoms with E-state index in [-0.39, 0.29) is 25.4 Å². The van der Waals surface area contributed by atoms with E-state index in [4.69, 9.17) is 4.42 Å². The summed E-state index contributed by atoms with van der Waals surface area (Å²) in [6.07, 6.45) is -3.08. The molecule has 7 nitrogen and oxygen atoms in total. The summed E-state index contributed by atoms with van der Waals surface area (Å²) in [4.78, 5) is 13.4. The number of furan rings is 1. The Labute approximate surface area is 161 Å². The number of carbonyl (C=O) groups is 1. The van der Waals surface area contributed by atoms with E-state index in [1.165, 1.54) is 19.4 Å². The Balaban J connectivity index is 2.16. The van der Waals surface area contributed by atoms with Crippen molar-refractivity contribution in [1.82, 2.24) is 10.2 Å². The molecule has 28 heavy (non-hydrogen) atoms. The van der Waals surface area contributed by atoms with E-state index in [9.17, 15) is 26.4 Å². The minimum atomic E-state index is -4.77. The van der Waals surface area contributed by atoms with Crippen LogP contribution in [0, 0.1) is 0 Å². The highest BCUT2D eigenvalue weighted by Crippen LogP contribution is 2.37. The lowest BCUT2D eigenvalue weighted by molar-refractivity contribution is -0.138. The lowest BCUT2D eigenvalue weighted by atomic mass is 10.1. The van der Waals surface area contributed by atoms with Crippen LogP contribution in [0.1, 0.15) is 16.9 Å². The third-order valence-corrected chi connectivity index (χ3v) is 4.19. The molecule has 1 N–H and O–H groups in total. The first kappa shape index (κ1) is 21.8. The van der Waals surface area contributed by atoms with Crippen LogP contribution in [-0.2, 0) is 34.9 Å². The molecular formula is C17H19F3N2O5S. The minimum absolute atomic E-state index is 0.0428. The molecular weight excluding hydrogens is 401 g/mol. The van der Waals surface area contributed by atoms with Crippen molar-refractivity contribution in [2.24, 2.45) is 0 Å². The van der Waals surface area contributed by atoms with Crippen molar-refractivity contribution in [3.8, 4) is 5.75 Å². The van der Waals surface area contributed by atoms with Gasteiger partial charge in [-0.15, -0.1) is 0 Å². The molecule has 0 aliphatic carbocycles. The highest BCUT2D eigenvalue weighted by atomic mass is 32.2. The Hall–Kier alpha value is -2.53. The van der Waals surface area contributed by atoms with Gasteiger partial charge in [0.05, 0.1) is 24.9 Å². The lowest BCUT2D eigenvalue weighted by Crippen LogP contribution is -2.36. The van der Waals surface area contributed by atoms with Gasteiger partial charge in [-0.3, -0.25) is 9.69 Å². The first-order valence-electron chi connectivity index (χ1n) is 8.17. The normalized spacial score (nSPS) is 11.8. The van der Waals surface area contributed by atoms with Crippen molar-refractivity contribution >= 4 is 16.9 Å². The van der Waals surface area contributed by atoms with E-state index < -0.39 is 28.5 Å². The number of hydrogen-bond acceptors (Lipinski definition) is 6. The maximum absolute atomic E-state index is 13.2. The molecule has 0 spiro atoms. The van der Waals surface area contributed by atoms with Gasteiger partial charge in [-0.1, -0.05) is 6.07 Å². The smallest absolute Gasteiger partial charge is 0.420 e. The van der Waals surface area contributed by atoms with Gasteiger partial charge in [-0.25, -0.2) is 0 Å². The quantitative estimate of drug-likeness (QED) is 0.604. The van der Waals surface area contributed by atoms with E-state index >= 15 is 0 Å². The number of nitrogens with one attached hydrogen (secondary N) is 1. The van der Waals surface area contributed by atoms with Gasteiger partial charge >= 0.3 is 6.18 Å². The van der Waals surface area contributed by atoms with Crippen LogP contribution in [0.2, 0.25) is 0 Å². The summed E-state index contributed by atoms with van der Waals surface area (Å²) < 4.78 is 70.3. The second-order valence-corrected chi connectivity index (χ2v) is 6.49. The van der Waals surface area contributed by atoms with Crippen LogP contribution in [0.25, 0.3) is 0 Å². The van der Waals surface area contributed by atoms with Crippen LogP contribution in [-0.4, -0.2) is 39.4 Å². The molecule has 2 rings (SSSR count). The number of carbonyl (C=O) groups excluding carboxylic acids is 1. The van der Waals surface area contributed by atoms with Gasteiger partial charge in [0.1, 0.15) is 5.76 Å². The van der Waals surface area contributed by atoms with Crippen molar-refractivity contribution in [1.29, 1.82) is 0 Å². The molecule has 154 valence electrons. The molecule has 1 amide bonds. The Bertz CT molecular complexity index is 858. The zero-order chi connectivity index (χ0) is 20.7. The second kappa shape index (κ2) is 9.60. The largest absolute Gasteiger partial charge is 0.468 e. The zero-order valence-electron chi connectivity index (χ0n) is 14.9. The van der Waals surface area contributed by atoms with Crippen LogP contribution < -0.4 is 9.50 Å². The second-order valence-electron chi connectivity index (χ2n) is 5.86. The fraction of sp³-hybridized carbons (Fsp3) is 0.353. The van der Waals surface area contributed by atoms with E-state index in [0.717, 1.165) is 12.1 Å². The van der Waals surface area contributed by atoms with Gasteiger partial charge < -0.3 is 13.9 Å². The maximum Gasteiger partial charge on any atom is 0.420 e. The van der Waals surface area contributed by atoms with Crippen molar-refractivity contribution in [3.05, 3.63) is 53.5 Å². The van der Waals surface area contributed by atoms with Crippen molar-refractivity contribution in [3.63, 3.8) is 0 Å². The lowest BCUT2D eigenvalue weighted by Gasteiger charge is -2.20. The third-order valence-electron chi connectivity index (χ3n) is 3.84. The van der Waals surface area contributed by atoms with Gasteiger partial charge in [0, 0.05) is 13.6 Å². The summed E-state index contributed by atoms with van der Waals surface area (Å²) >= 11 is 0. The third kappa shape index (κ3) is 6.57. The summed E-state index contributed by atoms with van der Waals surface area (Å²) in [6.45, 7) is 0.632. The predicted molar refractivity (Wildman–Crippen MR) is 94.1 cm³/mol. The standard InChI is InChI=1S/C17H19F3N2O5S/c1-21-16(23)11-22(10-13-3-2-8-26-13)7-6-12-4-5-15(27-28(24)25)14(9-12)17(18,19)20/h2-5,8-9,28H,6-7,10-11H2,1H3,(H,21,23). The van der Waals surface area contributed by atoms with Gasteiger partial charge in [0.25, 0.3) is 11.0 Å². The number of rotatable bonds is 9. The number of amides is 1. The van der Waals surface area contributed by atoms with Gasteiger partial charge in [-0.2, -0.15) is 21.6 Å². The van der Waals surface area contributed by atoms with Crippen molar-refractivity contribution < 1.29 is 35.0 Å². The number of halogens is 3. The predicted octanol–water partition coefficient (Wildman–Crippen LogP) is 1.99. The molecule has 0 saturated heterocycles. The molecule has 0 unspecified atom stereocenters. The van der Waals surface area contributed by atoms with Crippen LogP contribution in [0.5, 0.6) is 5.75 Å². The first-order valence-corrected chi connectivity index (χ1v) is 9.26. The first-order chi connectivity index (χ1) is 13.2. The summed E-state index contributed by atoms with van der Waals surface area (Å²) in [5.74, 6) is -0.404. The van der Waals surface area contributed by atoms with Gasteiger partial charge in [-0.05, 0) is 36.2 Å². The summed E-state index contributed by atoms with van der Waals surface area (Å²) in [6, 6.07) is 6.60. The van der Waals surface area contributed by atoms with Crippen LogP contribution >= 0.6 is 0 Å². The number of nitrogens with zero attached hydrogens (tertiary/aromatic N) is 1. The summed E-state index contributed by atoms with van der Waals surface area (Å²) in [7, 11) is -1.98. The van der Waals surface area contributed by atoms with E-state index in [1.54, 1.807) is 17.0 Å². The fourth-order valence-electron chi connectivity index (χ4n) is 2.52. The molecule has 2 aromatic rings. The summed E-state index contributed by atoms with van der Waals surface area (Å²) in [5, 5.41) is 2.49. The molecule has 1 aromatic carbocycles. The van der Waals surface area contributed by atoms with Crippen molar-refractivity contribution in [2.45, 2.75) is 19.1 Å². The molecule has 0 fully saturated rings. The van der Waals surface area contributed by atoms with Gasteiger partial charge in [0.2, 0.25) is 5.91 Å². The molecule has 0 aliphatic rings. The number of likely N-dealkylation sites (N-methyl/N-ethyl adjacent to an activating group) is 1. The maximum atomic E-state index is 13.2. The summed E-state index contributed by atoms with van der Waals surface area (Å²) in [5.41, 5.74) is -0.852. The Kier molecular flexibility index (Phi) is 7.46. The Morgan fingerprint density at radius 2 is 2.04 bits per heavy atom. The van der Waals surface area contributed by atoms with Crippen LogP contribution in [0.4, 0.5) is 13.2 Å². The Morgan fingerprint density at radius 1 is 1.29 bits per heavy atom. The SMILES string of the molecule is CNC(=O)CN(CCc1ccc(O[SH](=O)=O)c(C(F)(F)F)c1)Cc1ccco1. The molecule has 0 radical (unpaired) electrons. The molecule has 0 bridgehead atoms. The molecule has 1 heterocycles. The van der Waals surface area contributed by atoms with E-state index in [2.05, 4.69) is 9.50 Å². The highest BCUT2D eigenvalue weighted by Gasteiger charge is 2.35. The molecule has 1 aromatic heterocycles. The highest BCUT2D eigenvalue weighted by molar-refractivity contribution is 7.67. The van der Waals surface area contributed by atoms with Crippen molar-refractivity contribution in [2.75, 3.05) is 20.1 Å². The number of benzene rings is 1. The number of hydrogen-bond donors (Lipinski definition) is 2. The van der Waals surface area contributed by atoms with E-state index in [0.29, 0.717) is 17.9 Å². The monoisotopic (exact) mass is 420 g/mol. The average Bonchev–Trinajstić information content (AvgIpc) is 3.12. The molecule has 11 heteroatoms. The van der Waals surface area contributed by atoms with Crippen LogP contribution in [0.15, 0.2) is 41.0 Å². The Morgan fingerprint density at radius 3 is 2.61 bits per heavy atom. The molecule has 0 saturated carbocycles. The molecule has 0 atom stereocenters. The fourth-order valence-corrected chi connectivity index (χ4v) is 2.84. The minimum Gasteiger partial charge on any atom is -0.468 e. The van der Waals surface area contributed by atoms with E-state index in [1.807, 2.05) is 0 Å². The number of thiol groups is 1. The van der Waals surface area contributed by atoms with Crippen LogP contribution in [0.3, 0.4) is 0 Å². The van der Waals surface area contributed by atoms with Gasteiger partial charge in [0.15, 0.2) is 5.75 Å². The average molecular weight is 420 g/mol. The topological polar surface area (TPSA) is 88.9 Å². The zero-order valence-corrected chi connectivity index (χ0v) is 15.8. The number of alkyl halides is 3. The molecule has 0 aliphatic heterocycles.